The molecule has 0 heterocycles. The minimum atomic E-state index is -3.92. The van der Waals surface area contributed by atoms with E-state index in [4.69, 9.17) is 0 Å². The lowest BCUT2D eigenvalue weighted by Crippen LogP contribution is -2.44. The number of para-hydroxylation sites is 1. The molecule has 0 bridgehead atoms. The van der Waals surface area contributed by atoms with Crippen LogP contribution >= 0.6 is 0 Å². The summed E-state index contributed by atoms with van der Waals surface area (Å²) < 4.78 is 40.3. The molecule has 2 aromatic rings. The van der Waals surface area contributed by atoms with Gasteiger partial charge in [0.05, 0.1) is 5.69 Å². The molecule has 0 aliphatic heterocycles. The SMILES string of the molecule is CCc1ccccc1NC(=O)CN(c1ccc(F)cc1)S(=O)(=O)N(C)C. The van der Waals surface area contributed by atoms with E-state index in [0.717, 1.165) is 32.7 Å². The van der Waals surface area contributed by atoms with Crippen molar-refractivity contribution in [3.63, 3.8) is 0 Å². The number of hydrogen-bond donors (Lipinski definition) is 1. The molecule has 0 fully saturated rings. The van der Waals surface area contributed by atoms with E-state index in [-0.39, 0.29) is 5.69 Å². The van der Waals surface area contributed by atoms with Crippen LogP contribution in [0, 0.1) is 5.82 Å². The standard InChI is InChI=1S/C18H22FN3O3S/c1-4-14-7-5-6-8-17(14)20-18(23)13-22(26(24,25)21(2)3)16-11-9-15(19)10-12-16/h5-12H,4,13H2,1-3H3,(H,20,23). The first-order valence-corrected chi connectivity index (χ1v) is 9.49. The first-order valence-electron chi connectivity index (χ1n) is 8.09. The van der Waals surface area contributed by atoms with Crippen molar-refractivity contribution in [3.8, 4) is 0 Å². The van der Waals surface area contributed by atoms with E-state index < -0.39 is 28.5 Å². The molecule has 0 atom stereocenters. The lowest BCUT2D eigenvalue weighted by atomic mass is 10.1. The van der Waals surface area contributed by atoms with Gasteiger partial charge in [-0.15, -0.1) is 0 Å². The van der Waals surface area contributed by atoms with Crippen molar-refractivity contribution < 1.29 is 17.6 Å². The topological polar surface area (TPSA) is 69.7 Å². The second-order valence-corrected chi connectivity index (χ2v) is 7.90. The van der Waals surface area contributed by atoms with Crippen molar-refractivity contribution >= 4 is 27.5 Å². The highest BCUT2D eigenvalue weighted by molar-refractivity contribution is 7.90. The van der Waals surface area contributed by atoms with Gasteiger partial charge in [-0.1, -0.05) is 25.1 Å². The molecule has 2 rings (SSSR count). The summed E-state index contributed by atoms with van der Waals surface area (Å²) >= 11 is 0. The number of nitrogens with zero attached hydrogens (tertiary/aromatic N) is 2. The molecule has 0 aliphatic rings. The number of rotatable bonds is 7. The molecule has 2 aromatic carbocycles. The smallest absolute Gasteiger partial charge is 0.304 e. The Hall–Kier alpha value is -2.45. The van der Waals surface area contributed by atoms with Crippen LogP contribution in [0.25, 0.3) is 0 Å². The molecule has 1 N–H and O–H groups in total. The molecule has 140 valence electrons. The normalized spacial score (nSPS) is 11.4. The van der Waals surface area contributed by atoms with Crippen LogP contribution in [0.2, 0.25) is 0 Å². The zero-order chi connectivity index (χ0) is 19.3. The Morgan fingerprint density at radius 3 is 2.27 bits per heavy atom. The second-order valence-electron chi connectivity index (χ2n) is 5.83. The average Bonchev–Trinajstić information content (AvgIpc) is 2.61. The summed E-state index contributed by atoms with van der Waals surface area (Å²) in [5.74, 6) is -0.974. The van der Waals surface area contributed by atoms with Crippen LogP contribution in [0.1, 0.15) is 12.5 Å². The largest absolute Gasteiger partial charge is 0.324 e. The number of carbonyl (C=O) groups is 1. The number of aryl methyl sites for hydroxylation is 1. The lowest BCUT2D eigenvalue weighted by Gasteiger charge is -2.27. The summed E-state index contributed by atoms with van der Waals surface area (Å²) in [5, 5.41) is 2.75. The molecular formula is C18H22FN3O3S. The lowest BCUT2D eigenvalue weighted by molar-refractivity contribution is -0.114. The highest BCUT2D eigenvalue weighted by atomic mass is 32.2. The summed E-state index contributed by atoms with van der Waals surface area (Å²) in [7, 11) is -1.18. The monoisotopic (exact) mass is 379 g/mol. The van der Waals surface area contributed by atoms with Gasteiger partial charge in [-0.2, -0.15) is 12.7 Å². The zero-order valence-electron chi connectivity index (χ0n) is 14.9. The highest BCUT2D eigenvalue weighted by Crippen LogP contribution is 2.21. The molecule has 0 saturated carbocycles. The molecule has 0 aliphatic carbocycles. The molecule has 1 amide bonds. The molecule has 0 saturated heterocycles. The Kier molecular flexibility index (Phi) is 6.33. The number of halogens is 1. The fourth-order valence-electron chi connectivity index (χ4n) is 2.38. The van der Waals surface area contributed by atoms with Crippen LogP contribution in [-0.2, 0) is 21.4 Å². The predicted octanol–water partition coefficient (Wildman–Crippen LogP) is 2.64. The van der Waals surface area contributed by atoms with Gasteiger partial charge in [-0.3, -0.25) is 4.79 Å². The van der Waals surface area contributed by atoms with Crippen LogP contribution in [-0.4, -0.2) is 39.3 Å². The van der Waals surface area contributed by atoms with E-state index in [2.05, 4.69) is 5.32 Å². The Bertz CT molecular complexity index is 868. The highest BCUT2D eigenvalue weighted by Gasteiger charge is 2.27. The summed E-state index contributed by atoms with van der Waals surface area (Å²) in [6.45, 7) is 1.54. The number of anilines is 2. The molecule has 26 heavy (non-hydrogen) atoms. The van der Waals surface area contributed by atoms with E-state index in [1.54, 1.807) is 12.1 Å². The van der Waals surface area contributed by atoms with Gasteiger partial charge in [0.1, 0.15) is 12.4 Å². The summed E-state index contributed by atoms with van der Waals surface area (Å²) in [5.41, 5.74) is 1.80. The third-order valence-corrected chi connectivity index (χ3v) is 5.63. The van der Waals surface area contributed by atoms with E-state index >= 15 is 0 Å². The van der Waals surface area contributed by atoms with Crippen LogP contribution < -0.4 is 9.62 Å². The number of benzene rings is 2. The molecular weight excluding hydrogens is 357 g/mol. The fourth-order valence-corrected chi connectivity index (χ4v) is 3.44. The van der Waals surface area contributed by atoms with Crippen molar-refractivity contribution in [2.75, 3.05) is 30.3 Å². The fraction of sp³-hybridized carbons (Fsp3) is 0.278. The quantitative estimate of drug-likeness (QED) is 0.804. The number of hydrogen-bond acceptors (Lipinski definition) is 3. The molecule has 0 unspecified atom stereocenters. The second kappa shape index (κ2) is 8.29. The average molecular weight is 379 g/mol. The number of amides is 1. The molecule has 0 aromatic heterocycles. The minimum absolute atomic E-state index is 0.207. The predicted molar refractivity (Wildman–Crippen MR) is 101 cm³/mol. The molecule has 0 radical (unpaired) electrons. The first kappa shape index (κ1) is 19.9. The van der Waals surface area contributed by atoms with Gasteiger partial charge in [-0.05, 0) is 42.3 Å². The maximum absolute atomic E-state index is 13.2. The summed E-state index contributed by atoms with van der Waals surface area (Å²) in [4.78, 5) is 12.5. The third kappa shape index (κ3) is 4.59. The zero-order valence-corrected chi connectivity index (χ0v) is 15.8. The summed E-state index contributed by atoms with van der Waals surface area (Å²) in [6.07, 6.45) is 0.730. The Morgan fingerprint density at radius 1 is 1.08 bits per heavy atom. The Balaban J connectivity index is 2.29. The van der Waals surface area contributed by atoms with Crippen molar-refractivity contribution in [2.24, 2.45) is 0 Å². The molecule has 8 heteroatoms. The van der Waals surface area contributed by atoms with Crippen molar-refractivity contribution in [1.82, 2.24) is 4.31 Å². The van der Waals surface area contributed by atoms with Gasteiger partial charge in [0.25, 0.3) is 0 Å². The van der Waals surface area contributed by atoms with Crippen LogP contribution in [0.5, 0.6) is 0 Å². The third-order valence-electron chi connectivity index (χ3n) is 3.81. The van der Waals surface area contributed by atoms with E-state index in [0.29, 0.717) is 5.69 Å². The van der Waals surface area contributed by atoms with Crippen molar-refractivity contribution in [1.29, 1.82) is 0 Å². The number of nitrogens with one attached hydrogen (secondary N) is 1. The first-order chi connectivity index (χ1) is 12.3. The van der Waals surface area contributed by atoms with Crippen LogP contribution in [0.4, 0.5) is 15.8 Å². The van der Waals surface area contributed by atoms with Gasteiger partial charge in [0.15, 0.2) is 0 Å². The Morgan fingerprint density at radius 2 is 1.69 bits per heavy atom. The Labute approximate surface area is 153 Å². The maximum atomic E-state index is 13.2. The van der Waals surface area contributed by atoms with Crippen molar-refractivity contribution in [3.05, 3.63) is 59.9 Å². The van der Waals surface area contributed by atoms with Crippen molar-refractivity contribution in [2.45, 2.75) is 13.3 Å². The number of carbonyl (C=O) groups excluding carboxylic acids is 1. The van der Waals surface area contributed by atoms with E-state index in [1.165, 1.54) is 26.2 Å². The van der Waals surface area contributed by atoms with Gasteiger partial charge < -0.3 is 5.32 Å². The molecule has 0 spiro atoms. The van der Waals surface area contributed by atoms with Gasteiger partial charge in [0.2, 0.25) is 5.91 Å². The van der Waals surface area contributed by atoms with E-state index in [9.17, 15) is 17.6 Å². The maximum Gasteiger partial charge on any atom is 0.304 e. The van der Waals surface area contributed by atoms with Gasteiger partial charge >= 0.3 is 10.2 Å². The van der Waals surface area contributed by atoms with Crippen LogP contribution in [0.15, 0.2) is 48.5 Å². The van der Waals surface area contributed by atoms with Gasteiger partial charge in [-0.25, -0.2) is 8.70 Å². The summed E-state index contributed by atoms with van der Waals surface area (Å²) in [6, 6.07) is 12.3. The molecule has 6 nitrogen and oxygen atoms in total. The minimum Gasteiger partial charge on any atom is -0.324 e. The van der Waals surface area contributed by atoms with Crippen LogP contribution in [0.3, 0.4) is 0 Å². The van der Waals surface area contributed by atoms with E-state index in [1.807, 2.05) is 19.1 Å². The van der Waals surface area contributed by atoms with Gasteiger partial charge in [0, 0.05) is 19.8 Å².